The Morgan fingerprint density at radius 2 is 2.44 bits per heavy atom. The molecule has 1 unspecified atom stereocenters. The van der Waals surface area contributed by atoms with Gasteiger partial charge >= 0.3 is 0 Å². The molecule has 1 saturated heterocycles. The average molecular weight is 225 g/mol. The van der Waals surface area contributed by atoms with Crippen LogP contribution in [0.3, 0.4) is 0 Å². The SMILES string of the molecule is N#CCCNC(=O)CNCC1CCCOC1. The van der Waals surface area contributed by atoms with Gasteiger partial charge in [0.2, 0.25) is 5.91 Å². The van der Waals surface area contributed by atoms with E-state index in [0.29, 0.717) is 25.4 Å². The van der Waals surface area contributed by atoms with Crippen molar-refractivity contribution in [3.05, 3.63) is 0 Å². The van der Waals surface area contributed by atoms with Gasteiger partial charge in [0.25, 0.3) is 0 Å². The maximum atomic E-state index is 11.2. The lowest BCUT2D eigenvalue weighted by atomic mass is 10.0. The molecule has 0 bridgehead atoms. The molecule has 1 heterocycles. The Hall–Kier alpha value is -1.12. The average Bonchev–Trinajstić information content (AvgIpc) is 2.31. The predicted molar refractivity (Wildman–Crippen MR) is 59.7 cm³/mol. The molecule has 1 aliphatic heterocycles. The van der Waals surface area contributed by atoms with Gasteiger partial charge in [0.05, 0.1) is 25.6 Å². The number of rotatable bonds is 6. The highest BCUT2D eigenvalue weighted by Crippen LogP contribution is 2.11. The topological polar surface area (TPSA) is 74.2 Å². The summed E-state index contributed by atoms with van der Waals surface area (Å²) in [6, 6.07) is 1.98. The molecule has 0 aromatic carbocycles. The summed E-state index contributed by atoms with van der Waals surface area (Å²) in [6.07, 6.45) is 2.64. The van der Waals surface area contributed by atoms with Crippen molar-refractivity contribution in [1.29, 1.82) is 5.26 Å². The lowest BCUT2D eigenvalue weighted by Gasteiger charge is -2.22. The van der Waals surface area contributed by atoms with E-state index in [1.54, 1.807) is 0 Å². The molecule has 1 fully saturated rings. The first-order valence-corrected chi connectivity index (χ1v) is 5.75. The lowest BCUT2D eigenvalue weighted by Crippen LogP contribution is -2.37. The number of hydrogen-bond donors (Lipinski definition) is 2. The molecule has 16 heavy (non-hydrogen) atoms. The van der Waals surface area contributed by atoms with Gasteiger partial charge in [-0.2, -0.15) is 5.26 Å². The Kier molecular flexibility index (Phi) is 6.54. The van der Waals surface area contributed by atoms with Crippen LogP contribution in [0.5, 0.6) is 0 Å². The Bertz CT molecular complexity index is 244. The summed E-state index contributed by atoms with van der Waals surface area (Å²) in [7, 11) is 0. The highest BCUT2D eigenvalue weighted by molar-refractivity contribution is 5.77. The molecule has 1 amide bonds. The van der Waals surface area contributed by atoms with Crippen LogP contribution in [0.25, 0.3) is 0 Å². The third kappa shape index (κ3) is 5.69. The molecular weight excluding hydrogens is 206 g/mol. The van der Waals surface area contributed by atoms with Crippen molar-refractivity contribution >= 4 is 5.91 Å². The van der Waals surface area contributed by atoms with E-state index in [-0.39, 0.29) is 5.91 Å². The lowest BCUT2D eigenvalue weighted by molar-refractivity contribution is -0.120. The van der Waals surface area contributed by atoms with Crippen LogP contribution in [0.15, 0.2) is 0 Å². The van der Waals surface area contributed by atoms with Crippen molar-refractivity contribution in [3.63, 3.8) is 0 Å². The Balaban J connectivity index is 1.97. The van der Waals surface area contributed by atoms with Crippen LogP contribution in [0.2, 0.25) is 0 Å². The molecule has 0 aromatic heterocycles. The second kappa shape index (κ2) is 8.08. The maximum Gasteiger partial charge on any atom is 0.233 e. The second-order valence-electron chi connectivity index (χ2n) is 3.97. The van der Waals surface area contributed by atoms with Crippen LogP contribution < -0.4 is 10.6 Å². The smallest absolute Gasteiger partial charge is 0.233 e. The number of amides is 1. The first kappa shape index (κ1) is 12.9. The minimum absolute atomic E-state index is 0.0491. The zero-order valence-corrected chi connectivity index (χ0v) is 9.50. The number of ether oxygens (including phenoxy) is 1. The Labute approximate surface area is 96.2 Å². The predicted octanol–water partition coefficient (Wildman–Crippen LogP) is 0.0325. The first-order chi connectivity index (χ1) is 7.83. The summed E-state index contributed by atoms with van der Waals surface area (Å²) in [6.45, 7) is 3.24. The molecule has 2 N–H and O–H groups in total. The van der Waals surface area contributed by atoms with Crippen LogP contribution >= 0.6 is 0 Å². The van der Waals surface area contributed by atoms with E-state index in [1.807, 2.05) is 6.07 Å². The molecule has 1 aliphatic rings. The normalized spacial score (nSPS) is 20.1. The van der Waals surface area contributed by atoms with Gasteiger partial charge in [0, 0.05) is 19.7 Å². The largest absolute Gasteiger partial charge is 0.381 e. The van der Waals surface area contributed by atoms with Crippen molar-refractivity contribution in [2.45, 2.75) is 19.3 Å². The Morgan fingerprint density at radius 3 is 3.12 bits per heavy atom. The highest BCUT2D eigenvalue weighted by atomic mass is 16.5. The van der Waals surface area contributed by atoms with Crippen molar-refractivity contribution < 1.29 is 9.53 Å². The minimum atomic E-state index is -0.0491. The number of nitriles is 1. The molecule has 0 aliphatic carbocycles. The number of carbonyl (C=O) groups excluding carboxylic acids is 1. The van der Waals surface area contributed by atoms with Crippen LogP contribution in [0.4, 0.5) is 0 Å². The molecule has 90 valence electrons. The zero-order valence-electron chi connectivity index (χ0n) is 9.50. The molecule has 1 rings (SSSR count). The summed E-state index contributed by atoms with van der Waals surface area (Å²) in [5.74, 6) is 0.479. The molecule has 0 radical (unpaired) electrons. The summed E-state index contributed by atoms with van der Waals surface area (Å²) >= 11 is 0. The Morgan fingerprint density at radius 1 is 1.56 bits per heavy atom. The molecule has 5 heteroatoms. The van der Waals surface area contributed by atoms with Crippen LogP contribution in [-0.2, 0) is 9.53 Å². The van der Waals surface area contributed by atoms with E-state index < -0.39 is 0 Å². The van der Waals surface area contributed by atoms with Gasteiger partial charge in [0.1, 0.15) is 0 Å². The van der Waals surface area contributed by atoms with E-state index in [9.17, 15) is 4.79 Å². The van der Waals surface area contributed by atoms with E-state index >= 15 is 0 Å². The fourth-order valence-corrected chi connectivity index (χ4v) is 1.68. The van der Waals surface area contributed by atoms with Gasteiger partial charge in [-0.25, -0.2) is 0 Å². The van der Waals surface area contributed by atoms with E-state index in [1.165, 1.54) is 6.42 Å². The van der Waals surface area contributed by atoms with Gasteiger partial charge in [-0.15, -0.1) is 0 Å². The van der Waals surface area contributed by atoms with E-state index in [2.05, 4.69) is 10.6 Å². The molecule has 5 nitrogen and oxygen atoms in total. The number of nitrogens with zero attached hydrogens (tertiary/aromatic N) is 1. The van der Waals surface area contributed by atoms with E-state index in [0.717, 1.165) is 26.2 Å². The number of nitrogens with one attached hydrogen (secondary N) is 2. The van der Waals surface area contributed by atoms with Crippen molar-refractivity contribution in [2.24, 2.45) is 5.92 Å². The van der Waals surface area contributed by atoms with Crippen molar-refractivity contribution in [3.8, 4) is 6.07 Å². The van der Waals surface area contributed by atoms with Crippen LogP contribution in [0, 0.1) is 17.2 Å². The summed E-state index contributed by atoms with van der Waals surface area (Å²) in [5.41, 5.74) is 0. The van der Waals surface area contributed by atoms with Gasteiger partial charge in [0.15, 0.2) is 0 Å². The highest BCUT2D eigenvalue weighted by Gasteiger charge is 2.13. The molecule has 0 aromatic rings. The quantitative estimate of drug-likeness (QED) is 0.626. The molecular formula is C11H19N3O2. The van der Waals surface area contributed by atoms with Gasteiger partial charge in [-0.3, -0.25) is 4.79 Å². The van der Waals surface area contributed by atoms with Gasteiger partial charge < -0.3 is 15.4 Å². The first-order valence-electron chi connectivity index (χ1n) is 5.75. The molecule has 1 atom stereocenters. The fourth-order valence-electron chi connectivity index (χ4n) is 1.68. The molecule has 0 saturated carbocycles. The monoisotopic (exact) mass is 225 g/mol. The van der Waals surface area contributed by atoms with Crippen LogP contribution in [0.1, 0.15) is 19.3 Å². The van der Waals surface area contributed by atoms with Crippen LogP contribution in [-0.4, -0.2) is 38.8 Å². The third-order valence-electron chi connectivity index (χ3n) is 2.53. The number of carbonyl (C=O) groups is 1. The summed E-state index contributed by atoms with van der Waals surface area (Å²) in [4.78, 5) is 11.2. The van der Waals surface area contributed by atoms with Crippen molar-refractivity contribution in [2.75, 3.05) is 32.8 Å². The zero-order chi connectivity index (χ0) is 11.6. The maximum absolute atomic E-state index is 11.2. The van der Waals surface area contributed by atoms with Gasteiger partial charge in [-0.1, -0.05) is 0 Å². The van der Waals surface area contributed by atoms with Gasteiger partial charge in [-0.05, 0) is 18.8 Å². The fraction of sp³-hybridized carbons (Fsp3) is 0.818. The summed E-state index contributed by atoms with van der Waals surface area (Å²) < 4.78 is 5.34. The number of hydrogen-bond acceptors (Lipinski definition) is 4. The third-order valence-corrected chi connectivity index (χ3v) is 2.53. The standard InChI is InChI=1S/C11H19N3O2/c12-4-2-5-14-11(15)8-13-7-10-3-1-6-16-9-10/h10,13H,1-3,5-9H2,(H,14,15). The van der Waals surface area contributed by atoms with E-state index in [4.69, 9.17) is 10.00 Å². The molecule has 0 spiro atoms. The minimum Gasteiger partial charge on any atom is -0.381 e. The summed E-state index contributed by atoms with van der Waals surface area (Å²) in [5, 5.41) is 14.1. The van der Waals surface area contributed by atoms with Crippen molar-refractivity contribution in [1.82, 2.24) is 10.6 Å². The second-order valence-corrected chi connectivity index (χ2v) is 3.97.